The fourth-order valence-corrected chi connectivity index (χ4v) is 4.77. The first kappa shape index (κ1) is 12.9. The van der Waals surface area contributed by atoms with Gasteiger partial charge in [-0.25, -0.2) is 0 Å². The second-order valence-electron chi connectivity index (χ2n) is 6.96. The Labute approximate surface area is 111 Å². The third-order valence-corrected chi connectivity index (χ3v) is 5.37. The van der Waals surface area contributed by atoms with E-state index in [1.807, 2.05) is 0 Å². The summed E-state index contributed by atoms with van der Waals surface area (Å²) in [6.45, 7) is 10.1. The average molecular weight is 252 g/mol. The highest BCUT2D eigenvalue weighted by molar-refractivity contribution is 5.06. The summed E-state index contributed by atoms with van der Waals surface area (Å²) >= 11 is 0. The lowest BCUT2D eigenvalue weighted by Crippen LogP contribution is -2.57. The summed E-state index contributed by atoms with van der Waals surface area (Å²) in [5, 5.41) is 9.39. The number of aliphatic hydroxyl groups is 1. The molecule has 104 valence electrons. The van der Waals surface area contributed by atoms with Crippen molar-refractivity contribution in [1.29, 1.82) is 0 Å². The first-order chi connectivity index (χ1) is 8.70. The highest BCUT2D eigenvalue weighted by atomic mass is 16.3. The molecule has 0 aromatic carbocycles. The Bertz CT molecular complexity index is 286. The smallest absolute Gasteiger partial charge is 0.0446 e. The molecule has 4 aliphatic rings. The van der Waals surface area contributed by atoms with Crippen molar-refractivity contribution in [2.24, 2.45) is 17.8 Å². The maximum Gasteiger partial charge on any atom is 0.0446 e. The van der Waals surface area contributed by atoms with Gasteiger partial charge in [0.05, 0.1) is 0 Å². The molecule has 2 bridgehead atoms. The first-order valence-electron chi connectivity index (χ1n) is 7.79. The molecule has 4 rings (SSSR count). The van der Waals surface area contributed by atoms with Crippen molar-refractivity contribution in [2.75, 3.05) is 32.8 Å². The summed E-state index contributed by atoms with van der Waals surface area (Å²) in [6, 6.07) is 1.37. The van der Waals surface area contributed by atoms with Crippen molar-refractivity contribution >= 4 is 0 Å². The number of hydrogen-bond donors (Lipinski definition) is 1. The van der Waals surface area contributed by atoms with E-state index in [0.717, 1.165) is 30.2 Å². The lowest BCUT2D eigenvalue weighted by Gasteiger charge is -2.49. The molecular weight excluding hydrogens is 224 g/mol. The summed E-state index contributed by atoms with van der Waals surface area (Å²) in [4.78, 5) is 5.41. The largest absolute Gasteiger partial charge is 0.396 e. The summed E-state index contributed by atoms with van der Waals surface area (Å²) < 4.78 is 0. The molecule has 0 aromatic rings. The van der Waals surface area contributed by atoms with Crippen molar-refractivity contribution in [3.8, 4) is 0 Å². The van der Waals surface area contributed by atoms with Gasteiger partial charge in [0.15, 0.2) is 0 Å². The second kappa shape index (κ2) is 5.10. The van der Waals surface area contributed by atoms with Gasteiger partial charge in [0, 0.05) is 31.8 Å². The van der Waals surface area contributed by atoms with E-state index in [-0.39, 0.29) is 0 Å². The van der Waals surface area contributed by atoms with Gasteiger partial charge in [-0.2, -0.15) is 0 Å². The van der Waals surface area contributed by atoms with E-state index >= 15 is 0 Å². The van der Waals surface area contributed by atoms with Gasteiger partial charge in [-0.1, -0.05) is 13.8 Å². The van der Waals surface area contributed by atoms with Crippen LogP contribution in [0.25, 0.3) is 0 Å². The molecule has 0 aromatic heterocycles. The van der Waals surface area contributed by atoms with Crippen molar-refractivity contribution < 1.29 is 5.11 Å². The van der Waals surface area contributed by atoms with Crippen molar-refractivity contribution in [3.63, 3.8) is 0 Å². The van der Waals surface area contributed by atoms with Crippen LogP contribution in [0, 0.1) is 17.8 Å². The van der Waals surface area contributed by atoms with Crippen molar-refractivity contribution in [2.45, 2.75) is 45.2 Å². The van der Waals surface area contributed by atoms with E-state index in [4.69, 9.17) is 0 Å². The Morgan fingerprint density at radius 1 is 1.22 bits per heavy atom. The summed E-state index contributed by atoms with van der Waals surface area (Å²) in [7, 11) is 0. The highest BCUT2D eigenvalue weighted by Crippen LogP contribution is 2.44. The molecule has 4 fully saturated rings. The first-order valence-corrected chi connectivity index (χ1v) is 7.79. The standard InChI is InChI=1S/C15H28N2O/c1-11(2)9-17-10-13-12-3-6-16(7-4-12)15(13)14(17)5-8-18/h11-15,18H,3-10H2,1-2H3. The minimum atomic E-state index is 0.348. The summed E-state index contributed by atoms with van der Waals surface area (Å²) in [6.07, 6.45) is 3.81. The van der Waals surface area contributed by atoms with Crippen LogP contribution in [0.2, 0.25) is 0 Å². The number of nitrogens with zero attached hydrogens (tertiary/aromatic N) is 2. The number of hydrogen-bond acceptors (Lipinski definition) is 3. The van der Waals surface area contributed by atoms with Gasteiger partial charge >= 0.3 is 0 Å². The third kappa shape index (κ3) is 2.10. The fraction of sp³-hybridized carbons (Fsp3) is 1.00. The maximum atomic E-state index is 9.39. The average Bonchev–Trinajstić information content (AvgIpc) is 2.71. The van der Waals surface area contributed by atoms with Crippen LogP contribution >= 0.6 is 0 Å². The van der Waals surface area contributed by atoms with Crippen LogP contribution in [-0.4, -0.2) is 59.8 Å². The van der Waals surface area contributed by atoms with Gasteiger partial charge < -0.3 is 5.11 Å². The number of likely N-dealkylation sites (tertiary alicyclic amines) is 1. The number of fused-ring (bicyclic) bond motifs is 2. The molecule has 4 heterocycles. The predicted molar refractivity (Wildman–Crippen MR) is 73.5 cm³/mol. The molecule has 0 radical (unpaired) electrons. The fourth-order valence-electron chi connectivity index (χ4n) is 4.77. The van der Waals surface area contributed by atoms with Gasteiger partial charge in [-0.3, -0.25) is 9.80 Å². The lowest BCUT2D eigenvalue weighted by molar-refractivity contribution is -0.000235. The molecule has 0 spiro atoms. The zero-order valence-electron chi connectivity index (χ0n) is 11.9. The number of aliphatic hydroxyl groups excluding tert-OH is 1. The Kier molecular flexibility index (Phi) is 3.65. The van der Waals surface area contributed by atoms with Crippen LogP contribution in [0.3, 0.4) is 0 Å². The molecule has 3 heteroatoms. The molecule has 3 atom stereocenters. The Morgan fingerprint density at radius 3 is 2.56 bits per heavy atom. The van der Waals surface area contributed by atoms with Crippen LogP contribution < -0.4 is 0 Å². The number of rotatable bonds is 4. The molecule has 4 saturated heterocycles. The summed E-state index contributed by atoms with van der Waals surface area (Å²) in [5.74, 6) is 2.60. The quantitative estimate of drug-likeness (QED) is 0.820. The topological polar surface area (TPSA) is 26.7 Å². The molecule has 4 aliphatic heterocycles. The Balaban J connectivity index is 1.78. The van der Waals surface area contributed by atoms with E-state index < -0.39 is 0 Å². The zero-order valence-corrected chi connectivity index (χ0v) is 11.9. The molecule has 0 aliphatic carbocycles. The van der Waals surface area contributed by atoms with E-state index in [2.05, 4.69) is 23.6 Å². The zero-order chi connectivity index (χ0) is 12.7. The lowest BCUT2D eigenvalue weighted by atomic mass is 9.73. The van der Waals surface area contributed by atoms with Crippen molar-refractivity contribution in [3.05, 3.63) is 0 Å². The minimum absolute atomic E-state index is 0.348. The molecule has 3 unspecified atom stereocenters. The van der Waals surface area contributed by atoms with Crippen LogP contribution in [0.4, 0.5) is 0 Å². The molecule has 3 nitrogen and oxygen atoms in total. The highest BCUT2D eigenvalue weighted by Gasteiger charge is 2.51. The number of piperidine rings is 3. The van der Waals surface area contributed by atoms with Crippen LogP contribution in [0.1, 0.15) is 33.1 Å². The van der Waals surface area contributed by atoms with Gasteiger partial charge in [-0.15, -0.1) is 0 Å². The molecule has 18 heavy (non-hydrogen) atoms. The minimum Gasteiger partial charge on any atom is -0.396 e. The van der Waals surface area contributed by atoms with Gasteiger partial charge in [-0.05, 0) is 50.1 Å². The van der Waals surface area contributed by atoms with Gasteiger partial charge in [0.1, 0.15) is 0 Å². The molecular formula is C15H28N2O. The SMILES string of the molecule is CC(C)CN1CC2C3CCN(CC3)C2C1CCO. The van der Waals surface area contributed by atoms with Gasteiger partial charge in [0.25, 0.3) is 0 Å². The van der Waals surface area contributed by atoms with Crippen molar-refractivity contribution in [1.82, 2.24) is 9.80 Å². The van der Waals surface area contributed by atoms with Crippen LogP contribution in [0.15, 0.2) is 0 Å². The van der Waals surface area contributed by atoms with Gasteiger partial charge in [0.2, 0.25) is 0 Å². The third-order valence-electron chi connectivity index (χ3n) is 5.37. The van der Waals surface area contributed by atoms with Crippen LogP contribution in [0.5, 0.6) is 0 Å². The maximum absolute atomic E-state index is 9.39. The predicted octanol–water partition coefficient (Wildman–Crippen LogP) is 1.42. The van der Waals surface area contributed by atoms with Crippen LogP contribution in [-0.2, 0) is 0 Å². The molecule has 0 amide bonds. The molecule has 1 N–H and O–H groups in total. The monoisotopic (exact) mass is 252 g/mol. The Morgan fingerprint density at radius 2 is 1.94 bits per heavy atom. The Hall–Kier alpha value is -0.120. The normalized spacial score (nSPS) is 43.7. The summed E-state index contributed by atoms with van der Waals surface area (Å²) in [5.41, 5.74) is 0. The van der Waals surface area contributed by atoms with E-state index in [1.54, 1.807) is 0 Å². The molecule has 0 saturated carbocycles. The van der Waals surface area contributed by atoms with E-state index in [9.17, 15) is 5.11 Å². The van der Waals surface area contributed by atoms with E-state index in [1.165, 1.54) is 39.0 Å². The second-order valence-corrected chi connectivity index (χ2v) is 6.96. The van der Waals surface area contributed by atoms with E-state index in [0.29, 0.717) is 12.6 Å².